The molecule has 2 N–H and O–H groups in total. The molecule has 1 aromatic carbocycles. The minimum absolute atomic E-state index is 0.113. The van der Waals surface area contributed by atoms with Gasteiger partial charge in [0.15, 0.2) is 9.84 Å². The highest BCUT2D eigenvalue weighted by Gasteiger charge is 2.65. The van der Waals surface area contributed by atoms with Crippen LogP contribution in [0.3, 0.4) is 0 Å². The van der Waals surface area contributed by atoms with Crippen LogP contribution in [0.15, 0.2) is 29.2 Å². The molecule has 1 aliphatic rings. The minimum Gasteiger partial charge on any atom is -0.465 e. The Morgan fingerprint density at radius 2 is 2.00 bits per heavy atom. The fourth-order valence-electron chi connectivity index (χ4n) is 2.01. The van der Waals surface area contributed by atoms with Crippen molar-refractivity contribution in [2.24, 2.45) is 5.73 Å². The maximum Gasteiger partial charge on any atom is 0.327 e. The van der Waals surface area contributed by atoms with Crippen molar-refractivity contribution in [3.8, 4) is 0 Å². The van der Waals surface area contributed by atoms with Gasteiger partial charge in [-0.1, -0.05) is 17.7 Å². The van der Waals surface area contributed by atoms with E-state index in [-0.39, 0.29) is 17.9 Å². The number of ether oxygens (including phenoxy) is 1. The van der Waals surface area contributed by atoms with Crippen LogP contribution in [0.2, 0.25) is 0 Å². The van der Waals surface area contributed by atoms with Crippen molar-refractivity contribution in [1.82, 2.24) is 0 Å². The molecule has 5 nitrogen and oxygen atoms in total. The van der Waals surface area contributed by atoms with E-state index in [2.05, 4.69) is 0 Å². The zero-order valence-corrected chi connectivity index (χ0v) is 11.7. The molecule has 2 rings (SSSR count). The van der Waals surface area contributed by atoms with Gasteiger partial charge in [-0.05, 0) is 32.4 Å². The molecule has 0 spiro atoms. The molecule has 0 saturated heterocycles. The molecule has 2 unspecified atom stereocenters. The first kappa shape index (κ1) is 14.0. The monoisotopic (exact) mass is 283 g/mol. The first-order chi connectivity index (χ1) is 8.82. The predicted molar refractivity (Wildman–Crippen MR) is 70.3 cm³/mol. The van der Waals surface area contributed by atoms with Crippen molar-refractivity contribution in [2.45, 2.75) is 36.0 Å². The second-order valence-electron chi connectivity index (χ2n) is 4.81. The van der Waals surface area contributed by atoms with Crippen molar-refractivity contribution in [2.75, 3.05) is 6.61 Å². The zero-order chi connectivity index (χ0) is 14.3. The number of hydrogen-bond donors (Lipinski definition) is 1. The predicted octanol–water partition coefficient (Wildman–Crippen LogP) is 0.802. The number of benzene rings is 1. The lowest BCUT2D eigenvalue weighted by atomic mass is 10.2. The fraction of sp³-hybridized carbons (Fsp3) is 0.462. The van der Waals surface area contributed by atoms with Gasteiger partial charge >= 0.3 is 5.97 Å². The first-order valence-electron chi connectivity index (χ1n) is 6.09. The van der Waals surface area contributed by atoms with Crippen molar-refractivity contribution in [3.63, 3.8) is 0 Å². The summed E-state index contributed by atoms with van der Waals surface area (Å²) in [6.07, 6.45) is 0.113. The molecule has 0 radical (unpaired) electrons. The summed E-state index contributed by atoms with van der Waals surface area (Å²) < 4.78 is 29.5. The van der Waals surface area contributed by atoms with Crippen LogP contribution in [-0.4, -0.2) is 31.8 Å². The summed E-state index contributed by atoms with van der Waals surface area (Å²) in [5, 5.41) is -0.887. The Morgan fingerprint density at radius 1 is 1.42 bits per heavy atom. The number of esters is 1. The summed E-state index contributed by atoms with van der Waals surface area (Å²) in [6.45, 7) is 3.72. The van der Waals surface area contributed by atoms with Gasteiger partial charge < -0.3 is 10.5 Å². The molecule has 104 valence electrons. The first-order valence-corrected chi connectivity index (χ1v) is 7.63. The standard InChI is InChI=1S/C13H17NO4S/c1-3-18-12(15)13(14)8-11(13)19(16,17)10-6-4-9(2)5-7-10/h4-7,11H,3,8,14H2,1-2H3. The number of nitrogens with two attached hydrogens (primary N) is 1. The van der Waals surface area contributed by atoms with E-state index in [0.717, 1.165) is 5.56 Å². The summed E-state index contributed by atoms with van der Waals surface area (Å²) in [5.74, 6) is -0.643. The van der Waals surface area contributed by atoms with E-state index < -0.39 is 26.6 Å². The molecule has 0 amide bonds. The lowest BCUT2D eigenvalue weighted by Gasteiger charge is -2.11. The number of rotatable bonds is 4. The molecule has 0 aliphatic heterocycles. The van der Waals surface area contributed by atoms with Crippen molar-refractivity contribution >= 4 is 15.8 Å². The Labute approximate surface area is 112 Å². The molecule has 19 heavy (non-hydrogen) atoms. The highest BCUT2D eigenvalue weighted by molar-refractivity contribution is 7.92. The van der Waals surface area contributed by atoms with Crippen LogP contribution < -0.4 is 5.73 Å². The quantitative estimate of drug-likeness (QED) is 0.826. The van der Waals surface area contributed by atoms with Gasteiger partial charge in [0.25, 0.3) is 0 Å². The lowest BCUT2D eigenvalue weighted by Crippen LogP contribution is -2.40. The summed E-state index contributed by atoms with van der Waals surface area (Å²) in [6, 6.07) is 6.51. The normalized spacial score (nSPS) is 25.9. The maximum absolute atomic E-state index is 12.3. The number of carbonyl (C=O) groups is 1. The topological polar surface area (TPSA) is 86.5 Å². The zero-order valence-electron chi connectivity index (χ0n) is 10.9. The van der Waals surface area contributed by atoms with E-state index in [1.807, 2.05) is 6.92 Å². The Hall–Kier alpha value is -1.40. The van der Waals surface area contributed by atoms with Crippen LogP contribution >= 0.6 is 0 Å². The fourth-order valence-corrected chi connectivity index (χ4v) is 4.00. The molecule has 1 aromatic rings. The molecule has 0 bridgehead atoms. The van der Waals surface area contributed by atoms with Gasteiger partial charge in [-0.25, -0.2) is 8.42 Å². The van der Waals surface area contributed by atoms with Crippen LogP contribution in [0.25, 0.3) is 0 Å². The molecule has 0 heterocycles. The Balaban J connectivity index is 2.24. The summed E-state index contributed by atoms with van der Waals surface area (Å²) in [5.41, 5.74) is 5.40. The highest BCUT2D eigenvalue weighted by atomic mass is 32.2. The van der Waals surface area contributed by atoms with Gasteiger partial charge in [0.1, 0.15) is 5.54 Å². The van der Waals surface area contributed by atoms with E-state index in [1.165, 1.54) is 12.1 Å². The van der Waals surface area contributed by atoms with E-state index in [9.17, 15) is 13.2 Å². The second-order valence-corrected chi connectivity index (χ2v) is 6.94. The molecule has 1 aliphatic carbocycles. The SMILES string of the molecule is CCOC(=O)C1(N)CC1S(=O)(=O)c1ccc(C)cc1. The average molecular weight is 283 g/mol. The van der Waals surface area contributed by atoms with Gasteiger partial charge in [0.2, 0.25) is 0 Å². The largest absolute Gasteiger partial charge is 0.465 e. The van der Waals surface area contributed by atoms with Gasteiger partial charge in [0, 0.05) is 0 Å². The Morgan fingerprint density at radius 3 is 2.53 bits per heavy atom. The van der Waals surface area contributed by atoms with Crippen LogP contribution in [0.4, 0.5) is 0 Å². The van der Waals surface area contributed by atoms with Crippen molar-refractivity contribution in [3.05, 3.63) is 29.8 Å². The minimum atomic E-state index is -3.58. The molecule has 1 saturated carbocycles. The van der Waals surface area contributed by atoms with Gasteiger partial charge in [-0.3, -0.25) is 4.79 Å². The van der Waals surface area contributed by atoms with Crippen LogP contribution in [0.5, 0.6) is 0 Å². The van der Waals surface area contributed by atoms with Crippen molar-refractivity contribution < 1.29 is 17.9 Å². The van der Waals surface area contributed by atoms with E-state index in [0.29, 0.717) is 0 Å². The van der Waals surface area contributed by atoms with Gasteiger partial charge in [-0.2, -0.15) is 0 Å². The molecular formula is C13H17NO4S. The Bertz CT molecular complexity index is 594. The molecule has 6 heteroatoms. The second kappa shape index (κ2) is 4.61. The number of sulfone groups is 1. The number of carbonyl (C=O) groups excluding carboxylic acids is 1. The highest BCUT2D eigenvalue weighted by Crippen LogP contribution is 2.43. The van der Waals surface area contributed by atoms with Gasteiger partial charge in [-0.15, -0.1) is 0 Å². The molecular weight excluding hydrogens is 266 g/mol. The third-order valence-electron chi connectivity index (χ3n) is 3.32. The lowest BCUT2D eigenvalue weighted by molar-refractivity contribution is -0.145. The van der Waals surface area contributed by atoms with E-state index >= 15 is 0 Å². The van der Waals surface area contributed by atoms with Gasteiger partial charge in [0.05, 0.1) is 16.8 Å². The van der Waals surface area contributed by atoms with Crippen LogP contribution in [-0.2, 0) is 19.4 Å². The third kappa shape index (κ3) is 2.37. The maximum atomic E-state index is 12.3. The summed E-state index contributed by atoms with van der Waals surface area (Å²) in [7, 11) is -3.58. The van der Waals surface area contributed by atoms with Crippen molar-refractivity contribution in [1.29, 1.82) is 0 Å². The van der Waals surface area contributed by atoms with Crippen LogP contribution in [0, 0.1) is 6.92 Å². The smallest absolute Gasteiger partial charge is 0.327 e. The molecule has 2 atom stereocenters. The Kier molecular flexibility index (Phi) is 3.40. The van der Waals surface area contributed by atoms with E-state index in [4.69, 9.17) is 10.5 Å². The molecule has 0 aromatic heterocycles. The van der Waals surface area contributed by atoms with E-state index in [1.54, 1.807) is 19.1 Å². The average Bonchev–Trinajstić information content (AvgIpc) is 3.05. The summed E-state index contributed by atoms with van der Waals surface area (Å²) >= 11 is 0. The summed E-state index contributed by atoms with van der Waals surface area (Å²) in [4.78, 5) is 11.9. The number of hydrogen-bond acceptors (Lipinski definition) is 5. The third-order valence-corrected chi connectivity index (χ3v) is 5.58. The molecule has 1 fully saturated rings. The number of aryl methyl sites for hydroxylation is 1. The van der Waals surface area contributed by atoms with Crippen LogP contribution in [0.1, 0.15) is 18.9 Å².